The third-order valence-electron chi connectivity index (χ3n) is 4.11. The van der Waals surface area contributed by atoms with Crippen molar-refractivity contribution in [2.75, 3.05) is 24.5 Å². The maximum absolute atomic E-state index is 12.0. The summed E-state index contributed by atoms with van der Waals surface area (Å²) in [7, 11) is 1.90. The number of amides is 1. The molecule has 1 heterocycles. The number of hydrogen-bond acceptors (Lipinski definition) is 5. The Morgan fingerprint density at radius 3 is 2.54 bits per heavy atom. The average molecular weight is 372 g/mol. The van der Waals surface area contributed by atoms with Gasteiger partial charge in [-0.15, -0.1) is 16.6 Å². The first-order valence-electron chi connectivity index (χ1n) is 8.64. The number of thioether (sulfide) groups is 1. The molecule has 0 spiro atoms. The van der Waals surface area contributed by atoms with Gasteiger partial charge >= 0.3 is 0 Å². The average Bonchev–Trinajstić information content (AvgIpc) is 3.01. The molecule has 6 nitrogen and oxygen atoms in total. The molecule has 2 rings (SSSR count). The van der Waals surface area contributed by atoms with E-state index in [4.69, 9.17) is 6.42 Å². The van der Waals surface area contributed by atoms with Gasteiger partial charge < -0.3 is 14.8 Å². The summed E-state index contributed by atoms with van der Waals surface area (Å²) in [6.07, 6.45) is 5.17. The smallest absolute Gasteiger partial charge is 0.234 e. The lowest BCUT2D eigenvalue weighted by Crippen LogP contribution is -2.31. The maximum Gasteiger partial charge on any atom is 0.234 e. The highest BCUT2D eigenvalue weighted by atomic mass is 32.2. The van der Waals surface area contributed by atoms with Crippen molar-refractivity contribution in [3.05, 3.63) is 24.3 Å². The molecule has 2 aromatic rings. The fourth-order valence-electron chi connectivity index (χ4n) is 2.57. The van der Waals surface area contributed by atoms with Crippen molar-refractivity contribution in [2.24, 2.45) is 7.05 Å². The van der Waals surface area contributed by atoms with Crippen molar-refractivity contribution in [2.45, 2.75) is 31.2 Å². The van der Waals surface area contributed by atoms with Crippen LogP contribution in [0, 0.1) is 12.3 Å². The maximum atomic E-state index is 12.0. The molecule has 1 amide bonds. The lowest BCUT2D eigenvalue weighted by atomic mass is 10.2. The highest BCUT2D eigenvalue weighted by Gasteiger charge is 2.19. The van der Waals surface area contributed by atoms with Gasteiger partial charge in [-0.05, 0) is 45.0 Å². The van der Waals surface area contributed by atoms with Gasteiger partial charge in [0.05, 0.1) is 11.8 Å². The van der Waals surface area contributed by atoms with Crippen molar-refractivity contribution in [1.29, 1.82) is 0 Å². The molecule has 138 valence electrons. The second-order valence-corrected chi connectivity index (χ2v) is 7.07. The minimum absolute atomic E-state index is 0.110. The topological polar surface area (TPSA) is 63.1 Å². The van der Waals surface area contributed by atoms with Gasteiger partial charge in [0.25, 0.3) is 0 Å². The zero-order valence-corrected chi connectivity index (χ0v) is 16.5. The number of carbonyl (C=O) groups excluding carboxylic acids is 1. The molecule has 1 N–H and O–H groups in total. The predicted molar refractivity (Wildman–Crippen MR) is 107 cm³/mol. The highest BCUT2D eigenvalue weighted by molar-refractivity contribution is 8.00. The number of anilines is 1. The Bertz CT molecular complexity index is 774. The molecule has 1 unspecified atom stereocenters. The van der Waals surface area contributed by atoms with Gasteiger partial charge in [-0.25, -0.2) is 0 Å². The van der Waals surface area contributed by atoms with E-state index >= 15 is 0 Å². The van der Waals surface area contributed by atoms with Gasteiger partial charge in [-0.1, -0.05) is 17.7 Å². The lowest BCUT2D eigenvalue weighted by molar-refractivity contribution is -0.120. The van der Waals surface area contributed by atoms with Crippen LogP contribution in [-0.2, 0) is 11.8 Å². The minimum atomic E-state index is -0.302. The van der Waals surface area contributed by atoms with E-state index in [-0.39, 0.29) is 17.7 Å². The first kappa shape index (κ1) is 19.9. The van der Waals surface area contributed by atoms with Gasteiger partial charge in [-0.3, -0.25) is 4.79 Å². The zero-order valence-electron chi connectivity index (χ0n) is 15.7. The van der Waals surface area contributed by atoms with E-state index in [0.717, 1.165) is 24.5 Å². The molecular formula is C19H25N5OS. The largest absolute Gasteiger partial charge is 0.372 e. The van der Waals surface area contributed by atoms with Crippen molar-refractivity contribution in [3.63, 3.8) is 0 Å². The van der Waals surface area contributed by atoms with Crippen molar-refractivity contribution >= 4 is 23.4 Å². The summed E-state index contributed by atoms with van der Waals surface area (Å²) >= 11 is 1.36. The number of terminal acetylenes is 1. The van der Waals surface area contributed by atoms with Crippen LogP contribution >= 0.6 is 11.8 Å². The Balaban J connectivity index is 2.13. The minimum Gasteiger partial charge on any atom is -0.372 e. The Labute approximate surface area is 159 Å². The van der Waals surface area contributed by atoms with Crippen LogP contribution in [0.15, 0.2) is 29.4 Å². The number of nitrogens with one attached hydrogen (secondary N) is 1. The molecule has 1 aromatic heterocycles. The molecule has 0 radical (unpaired) electrons. The molecule has 1 aromatic carbocycles. The van der Waals surface area contributed by atoms with E-state index in [2.05, 4.69) is 64.4 Å². The van der Waals surface area contributed by atoms with Crippen molar-refractivity contribution in [1.82, 2.24) is 20.1 Å². The number of nitrogens with zero attached hydrogens (tertiary/aromatic N) is 4. The van der Waals surface area contributed by atoms with Gasteiger partial charge in [0.15, 0.2) is 11.0 Å². The van der Waals surface area contributed by atoms with E-state index in [0.29, 0.717) is 5.16 Å². The summed E-state index contributed by atoms with van der Waals surface area (Å²) in [6, 6.07) is 8.30. The molecule has 0 aliphatic carbocycles. The third-order valence-corrected chi connectivity index (χ3v) is 5.24. The number of benzene rings is 1. The summed E-state index contributed by atoms with van der Waals surface area (Å²) in [4.78, 5) is 14.3. The van der Waals surface area contributed by atoms with Crippen LogP contribution in [0.4, 0.5) is 5.69 Å². The Hall–Kier alpha value is -2.46. The van der Waals surface area contributed by atoms with Crippen molar-refractivity contribution in [3.8, 4) is 23.7 Å². The van der Waals surface area contributed by atoms with Gasteiger partial charge in [-0.2, -0.15) is 0 Å². The Morgan fingerprint density at radius 2 is 1.96 bits per heavy atom. The van der Waals surface area contributed by atoms with Crippen LogP contribution in [0.3, 0.4) is 0 Å². The van der Waals surface area contributed by atoms with Gasteiger partial charge in [0, 0.05) is 31.4 Å². The van der Waals surface area contributed by atoms with Crippen LogP contribution in [0.2, 0.25) is 0 Å². The van der Waals surface area contributed by atoms with E-state index in [9.17, 15) is 4.79 Å². The predicted octanol–water partition coefficient (Wildman–Crippen LogP) is 2.56. The standard InChI is InChI=1S/C19H25N5OS/c1-6-13-20-18(25)14(4)26-19-22-21-17(23(19)5)15-9-11-16(12-10-15)24(7-2)8-3/h1,9-12,14H,7-8,13H2,2-5H3,(H,20,25). The third kappa shape index (κ3) is 4.58. The molecule has 0 aliphatic rings. The zero-order chi connectivity index (χ0) is 19.1. The van der Waals surface area contributed by atoms with E-state index in [1.54, 1.807) is 0 Å². The SMILES string of the molecule is C#CCNC(=O)C(C)Sc1nnc(-c2ccc(N(CC)CC)cc2)n1C. The molecular weight excluding hydrogens is 346 g/mol. The van der Waals surface area contributed by atoms with Crippen LogP contribution in [0.1, 0.15) is 20.8 Å². The summed E-state index contributed by atoms with van der Waals surface area (Å²) in [5.74, 6) is 3.06. The first-order valence-corrected chi connectivity index (χ1v) is 9.52. The molecule has 7 heteroatoms. The van der Waals surface area contributed by atoms with E-state index < -0.39 is 0 Å². The summed E-state index contributed by atoms with van der Waals surface area (Å²) in [5.41, 5.74) is 2.18. The number of aromatic nitrogens is 3. The molecule has 0 bridgehead atoms. The van der Waals surface area contributed by atoms with Gasteiger partial charge in [0.2, 0.25) is 5.91 Å². The second-order valence-electron chi connectivity index (χ2n) is 5.77. The molecule has 0 fully saturated rings. The molecule has 0 saturated heterocycles. The second kappa shape index (κ2) is 9.30. The van der Waals surface area contributed by atoms with Gasteiger partial charge in [0.1, 0.15) is 0 Å². The van der Waals surface area contributed by atoms with Crippen LogP contribution in [-0.4, -0.2) is 45.6 Å². The van der Waals surface area contributed by atoms with Crippen LogP contribution in [0.5, 0.6) is 0 Å². The summed E-state index contributed by atoms with van der Waals surface area (Å²) in [5, 5.41) is 11.6. The number of carbonyl (C=O) groups is 1. The molecule has 0 saturated carbocycles. The molecule has 0 aliphatic heterocycles. The van der Waals surface area contributed by atoms with E-state index in [1.165, 1.54) is 17.4 Å². The van der Waals surface area contributed by atoms with E-state index in [1.807, 2.05) is 18.5 Å². The summed E-state index contributed by atoms with van der Waals surface area (Å²) in [6.45, 7) is 8.28. The fraction of sp³-hybridized carbons (Fsp3) is 0.421. The number of hydrogen-bond donors (Lipinski definition) is 1. The lowest BCUT2D eigenvalue weighted by Gasteiger charge is -2.21. The fourth-order valence-corrected chi connectivity index (χ4v) is 3.41. The van der Waals surface area contributed by atoms with Crippen LogP contribution in [0.25, 0.3) is 11.4 Å². The number of rotatable bonds is 8. The normalized spacial score (nSPS) is 11.7. The Kier molecular flexibility index (Phi) is 7.10. The van der Waals surface area contributed by atoms with Crippen LogP contribution < -0.4 is 10.2 Å². The van der Waals surface area contributed by atoms with Crippen molar-refractivity contribution < 1.29 is 4.79 Å². The molecule has 26 heavy (non-hydrogen) atoms. The summed E-state index contributed by atoms with van der Waals surface area (Å²) < 4.78 is 1.90. The Morgan fingerprint density at radius 1 is 1.31 bits per heavy atom. The monoisotopic (exact) mass is 371 g/mol. The highest BCUT2D eigenvalue weighted by Crippen LogP contribution is 2.27. The molecule has 1 atom stereocenters. The quantitative estimate of drug-likeness (QED) is 0.571. The first-order chi connectivity index (χ1) is 12.5.